The maximum atomic E-state index is 11.7. The number of nitrogens with one attached hydrogen (secondary N) is 1. The van der Waals surface area contributed by atoms with Crippen molar-refractivity contribution in [2.75, 3.05) is 25.4 Å². The van der Waals surface area contributed by atoms with Crippen molar-refractivity contribution in [1.82, 2.24) is 9.62 Å². The highest BCUT2D eigenvalue weighted by atomic mass is 32.2. The summed E-state index contributed by atoms with van der Waals surface area (Å²) in [5.74, 6) is 0.936. The summed E-state index contributed by atoms with van der Waals surface area (Å²) in [7, 11) is -2.98. The lowest BCUT2D eigenvalue weighted by molar-refractivity contribution is 0.280. The molecule has 0 amide bonds. The van der Waals surface area contributed by atoms with Crippen LogP contribution in [0.15, 0.2) is 0 Å². The highest BCUT2D eigenvalue weighted by Crippen LogP contribution is 2.15. The van der Waals surface area contributed by atoms with Crippen molar-refractivity contribution in [2.24, 2.45) is 5.92 Å². The van der Waals surface area contributed by atoms with Gasteiger partial charge in [-0.1, -0.05) is 20.3 Å². The van der Waals surface area contributed by atoms with Gasteiger partial charge >= 0.3 is 0 Å². The lowest BCUT2D eigenvalue weighted by atomic mass is 10.0. The van der Waals surface area contributed by atoms with Crippen molar-refractivity contribution in [2.45, 2.75) is 52.5 Å². The lowest BCUT2D eigenvalue weighted by Gasteiger charge is -2.32. The Morgan fingerprint density at radius 3 is 2.39 bits per heavy atom. The topological polar surface area (TPSA) is 49.4 Å². The second-order valence-electron chi connectivity index (χ2n) is 5.38. The Morgan fingerprint density at radius 2 is 1.89 bits per heavy atom. The number of hydrogen-bond acceptors (Lipinski definition) is 3. The fourth-order valence-electron chi connectivity index (χ4n) is 2.48. The highest BCUT2D eigenvalue weighted by molar-refractivity contribution is 7.89. The van der Waals surface area contributed by atoms with E-state index in [0.717, 1.165) is 19.4 Å². The molecule has 1 fully saturated rings. The van der Waals surface area contributed by atoms with Gasteiger partial charge in [0.2, 0.25) is 10.0 Å². The fraction of sp³-hybridized carbons (Fsp3) is 1.00. The van der Waals surface area contributed by atoms with Crippen LogP contribution in [-0.4, -0.2) is 44.2 Å². The molecule has 0 saturated carbocycles. The molecule has 0 aromatic carbocycles. The number of piperidine rings is 1. The fourth-order valence-corrected chi connectivity index (χ4v) is 3.62. The molecule has 1 aliphatic heterocycles. The third-order valence-electron chi connectivity index (χ3n) is 3.75. The molecule has 1 atom stereocenters. The van der Waals surface area contributed by atoms with Crippen LogP contribution in [0.5, 0.6) is 0 Å². The highest BCUT2D eigenvalue weighted by Gasteiger charge is 2.26. The molecule has 5 heteroatoms. The first-order valence-electron chi connectivity index (χ1n) is 7.20. The summed E-state index contributed by atoms with van der Waals surface area (Å²) >= 11 is 0. The standard InChI is InChI=1S/C13H28N2O2S/c1-4-6-12(3)11-14-13-7-9-15(10-8-13)18(16,17)5-2/h12-14H,4-11H2,1-3H3. The van der Waals surface area contributed by atoms with E-state index in [2.05, 4.69) is 19.2 Å². The molecule has 108 valence electrons. The van der Waals surface area contributed by atoms with Crippen LogP contribution in [0, 0.1) is 5.92 Å². The second-order valence-corrected chi connectivity index (χ2v) is 7.63. The monoisotopic (exact) mass is 276 g/mol. The lowest BCUT2D eigenvalue weighted by Crippen LogP contribution is -2.46. The molecule has 1 unspecified atom stereocenters. The molecule has 4 nitrogen and oxygen atoms in total. The van der Waals surface area contributed by atoms with Crippen molar-refractivity contribution >= 4 is 10.0 Å². The van der Waals surface area contributed by atoms with Gasteiger partial charge < -0.3 is 5.32 Å². The average molecular weight is 276 g/mol. The molecule has 0 bridgehead atoms. The van der Waals surface area contributed by atoms with Gasteiger partial charge in [-0.05, 0) is 38.6 Å². The van der Waals surface area contributed by atoms with E-state index in [1.54, 1.807) is 11.2 Å². The van der Waals surface area contributed by atoms with Crippen LogP contribution < -0.4 is 5.32 Å². The Hall–Kier alpha value is -0.130. The third kappa shape index (κ3) is 4.86. The Bertz CT molecular complexity index is 322. The SMILES string of the molecule is CCCC(C)CNC1CCN(S(=O)(=O)CC)CC1. The van der Waals surface area contributed by atoms with Gasteiger partial charge in [-0.15, -0.1) is 0 Å². The molecular weight excluding hydrogens is 248 g/mol. The summed E-state index contributed by atoms with van der Waals surface area (Å²) in [4.78, 5) is 0. The summed E-state index contributed by atoms with van der Waals surface area (Å²) in [6.07, 6.45) is 4.38. The van der Waals surface area contributed by atoms with E-state index in [9.17, 15) is 8.42 Å². The van der Waals surface area contributed by atoms with E-state index in [1.807, 2.05) is 0 Å². The predicted molar refractivity (Wildman–Crippen MR) is 76.1 cm³/mol. The quantitative estimate of drug-likeness (QED) is 0.772. The van der Waals surface area contributed by atoms with Gasteiger partial charge in [0.25, 0.3) is 0 Å². The maximum Gasteiger partial charge on any atom is 0.213 e. The molecule has 1 N–H and O–H groups in total. The summed E-state index contributed by atoms with van der Waals surface area (Å²) in [6.45, 7) is 8.61. The van der Waals surface area contributed by atoms with Gasteiger partial charge in [0.05, 0.1) is 5.75 Å². The van der Waals surface area contributed by atoms with Gasteiger partial charge in [0, 0.05) is 19.1 Å². The minimum atomic E-state index is -2.98. The van der Waals surface area contributed by atoms with Gasteiger partial charge in [0.1, 0.15) is 0 Å². The Balaban J connectivity index is 2.27. The number of rotatable bonds is 7. The van der Waals surface area contributed by atoms with Gasteiger partial charge in [-0.2, -0.15) is 0 Å². The number of nitrogens with zero attached hydrogens (tertiary/aromatic N) is 1. The van der Waals surface area contributed by atoms with Gasteiger partial charge in [-0.3, -0.25) is 0 Å². The zero-order chi connectivity index (χ0) is 13.6. The van der Waals surface area contributed by atoms with E-state index in [1.165, 1.54) is 12.8 Å². The van der Waals surface area contributed by atoms with E-state index in [0.29, 0.717) is 25.0 Å². The smallest absolute Gasteiger partial charge is 0.213 e. The predicted octanol–water partition coefficient (Wildman–Crippen LogP) is 1.83. The van der Waals surface area contributed by atoms with Gasteiger partial charge in [-0.25, -0.2) is 12.7 Å². The molecule has 1 aliphatic rings. The van der Waals surface area contributed by atoms with Crippen molar-refractivity contribution in [3.8, 4) is 0 Å². The number of sulfonamides is 1. The molecule has 0 aromatic heterocycles. The van der Waals surface area contributed by atoms with Crippen LogP contribution in [0.2, 0.25) is 0 Å². The summed E-state index contributed by atoms with van der Waals surface area (Å²) in [5.41, 5.74) is 0. The molecule has 1 heterocycles. The Labute approximate surface area is 112 Å². The van der Waals surface area contributed by atoms with Crippen LogP contribution in [0.4, 0.5) is 0 Å². The van der Waals surface area contributed by atoms with Crippen molar-refractivity contribution in [3.05, 3.63) is 0 Å². The molecule has 1 saturated heterocycles. The van der Waals surface area contributed by atoms with E-state index >= 15 is 0 Å². The van der Waals surface area contributed by atoms with Crippen molar-refractivity contribution in [1.29, 1.82) is 0 Å². The molecule has 0 radical (unpaired) electrons. The molecule has 0 aliphatic carbocycles. The summed E-state index contributed by atoms with van der Waals surface area (Å²) in [6, 6.07) is 0.493. The number of hydrogen-bond donors (Lipinski definition) is 1. The summed E-state index contributed by atoms with van der Waals surface area (Å²) < 4.78 is 25.1. The van der Waals surface area contributed by atoms with Crippen molar-refractivity contribution < 1.29 is 8.42 Å². The van der Waals surface area contributed by atoms with E-state index in [4.69, 9.17) is 0 Å². The zero-order valence-corrected chi connectivity index (χ0v) is 12.8. The largest absolute Gasteiger partial charge is 0.314 e. The first kappa shape index (κ1) is 15.9. The van der Waals surface area contributed by atoms with E-state index in [-0.39, 0.29) is 5.75 Å². The first-order valence-corrected chi connectivity index (χ1v) is 8.81. The minimum absolute atomic E-state index is 0.221. The molecule has 18 heavy (non-hydrogen) atoms. The third-order valence-corrected chi connectivity index (χ3v) is 5.63. The van der Waals surface area contributed by atoms with Crippen LogP contribution >= 0.6 is 0 Å². The maximum absolute atomic E-state index is 11.7. The minimum Gasteiger partial charge on any atom is -0.314 e. The van der Waals surface area contributed by atoms with Crippen LogP contribution in [0.25, 0.3) is 0 Å². The first-order chi connectivity index (χ1) is 8.49. The van der Waals surface area contributed by atoms with Crippen LogP contribution in [0.1, 0.15) is 46.5 Å². The van der Waals surface area contributed by atoms with Crippen LogP contribution in [-0.2, 0) is 10.0 Å². The molecule has 0 aromatic rings. The zero-order valence-electron chi connectivity index (χ0n) is 12.0. The molecule has 0 spiro atoms. The molecule has 1 rings (SSSR count). The normalized spacial score (nSPS) is 21.1. The van der Waals surface area contributed by atoms with Gasteiger partial charge in [0.15, 0.2) is 0 Å². The Morgan fingerprint density at radius 1 is 1.28 bits per heavy atom. The van der Waals surface area contributed by atoms with Crippen LogP contribution in [0.3, 0.4) is 0 Å². The second kappa shape index (κ2) is 7.46. The Kier molecular flexibility index (Phi) is 6.60. The van der Waals surface area contributed by atoms with E-state index < -0.39 is 10.0 Å². The average Bonchev–Trinajstić information content (AvgIpc) is 2.37. The summed E-state index contributed by atoms with van der Waals surface area (Å²) in [5, 5.41) is 3.57. The molecular formula is C13H28N2O2S. The van der Waals surface area contributed by atoms with Crippen molar-refractivity contribution in [3.63, 3.8) is 0 Å².